The number of esters is 1. The normalized spacial score (nSPS) is 11.4. The highest BCUT2D eigenvalue weighted by Crippen LogP contribution is 2.25. The van der Waals surface area contributed by atoms with Crippen molar-refractivity contribution < 1.29 is 19.2 Å². The molecule has 1 amide bonds. The zero-order valence-electron chi connectivity index (χ0n) is 16.6. The van der Waals surface area contributed by atoms with Gasteiger partial charge in [-0.25, -0.2) is 0 Å². The largest absolute Gasteiger partial charge is 0.426 e. The van der Waals surface area contributed by atoms with Gasteiger partial charge in [0.2, 0.25) is 0 Å². The quantitative estimate of drug-likeness (QED) is 0.241. The number of nitro benzene ring substituents is 1. The van der Waals surface area contributed by atoms with Gasteiger partial charge in [-0.05, 0) is 36.8 Å². The molecule has 158 valence electrons. The molecule has 0 aliphatic carbocycles. The van der Waals surface area contributed by atoms with E-state index in [1.54, 1.807) is 55.5 Å². The van der Waals surface area contributed by atoms with Crippen LogP contribution in [0.1, 0.15) is 33.9 Å². The van der Waals surface area contributed by atoms with Crippen LogP contribution >= 0.6 is 11.6 Å². The number of nitrogens with one attached hydrogen (secondary N) is 1. The van der Waals surface area contributed by atoms with Gasteiger partial charge in [-0.3, -0.25) is 19.7 Å². The molecule has 0 aromatic heterocycles. The Labute approximate surface area is 183 Å². The number of hydrogen-bond donors (Lipinski definition) is 1. The Morgan fingerprint density at radius 1 is 1.06 bits per heavy atom. The van der Waals surface area contributed by atoms with Crippen LogP contribution in [0, 0.1) is 17.0 Å². The van der Waals surface area contributed by atoms with E-state index in [0.717, 1.165) is 5.56 Å². The average Bonchev–Trinajstić information content (AvgIpc) is 2.74. The van der Waals surface area contributed by atoms with E-state index in [9.17, 15) is 19.7 Å². The van der Waals surface area contributed by atoms with Crippen molar-refractivity contribution in [1.82, 2.24) is 5.32 Å². The highest BCUT2D eigenvalue weighted by atomic mass is 35.5. The fraction of sp³-hybridized carbons (Fsp3) is 0.130. The van der Waals surface area contributed by atoms with E-state index >= 15 is 0 Å². The molecule has 0 aliphatic rings. The van der Waals surface area contributed by atoms with Crippen molar-refractivity contribution in [3.05, 3.63) is 105 Å². The van der Waals surface area contributed by atoms with Gasteiger partial charge in [-0.2, -0.15) is 0 Å². The topological polar surface area (TPSA) is 98.5 Å². The van der Waals surface area contributed by atoms with Crippen LogP contribution in [0.5, 0.6) is 5.75 Å². The summed E-state index contributed by atoms with van der Waals surface area (Å²) in [7, 11) is 0. The highest BCUT2D eigenvalue weighted by Gasteiger charge is 2.22. The lowest BCUT2D eigenvalue weighted by atomic mass is 10.0. The monoisotopic (exact) mass is 438 g/mol. The molecule has 31 heavy (non-hydrogen) atoms. The number of nitro groups is 1. The third-order valence-corrected chi connectivity index (χ3v) is 4.92. The second kappa shape index (κ2) is 9.86. The molecule has 7 nitrogen and oxygen atoms in total. The van der Waals surface area contributed by atoms with Crippen LogP contribution in [0.15, 0.2) is 72.8 Å². The van der Waals surface area contributed by atoms with Gasteiger partial charge >= 0.3 is 5.97 Å². The van der Waals surface area contributed by atoms with Crippen LogP contribution < -0.4 is 10.1 Å². The maximum Gasteiger partial charge on any atom is 0.313 e. The van der Waals surface area contributed by atoms with Crippen molar-refractivity contribution in [1.29, 1.82) is 0 Å². The van der Waals surface area contributed by atoms with Crippen LogP contribution in [0.3, 0.4) is 0 Å². The van der Waals surface area contributed by atoms with E-state index in [1.807, 2.05) is 6.07 Å². The van der Waals surface area contributed by atoms with Crippen LogP contribution in [0.4, 0.5) is 5.69 Å². The maximum atomic E-state index is 12.7. The smallest absolute Gasteiger partial charge is 0.313 e. The predicted molar refractivity (Wildman–Crippen MR) is 116 cm³/mol. The predicted octanol–water partition coefficient (Wildman–Crippen LogP) is 5.02. The number of halogens is 1. The summed E-state index contributed by atoms with van der Waals surface area (Å²) < 4.78 is 5.35. The number of amides is 1. The number of ether oxygens (including phenoxy) is 1. The van der Waals surface area contributed by atoms with Gasteiger partial charge in [-0.1, -0.05) is 54.1 Å². The van der Waals surface area contributed by atoms with E-state index in [0.29, 0.717) is 16.1 Å². The Kier molecular flexibility index (Phi) is 6.99. The molecule has 3 aromatic rings. The summed E-state index contributed by atoms with van der Waals surface area (Å²) >= 11 is 6.11. The summed E-state index contributed by atoms with van der Waals surface area (Å²) in [6, 6.07) is 19.1. The van der Waals surface area contributed by atoms with E-state index in [1.165, 1.54) is 18.2 Å². The lowest BCUT2D eigenvalue weighted by molar-refractivity contribution is -0.385. The van der Waals surface area contributed by atoms with Gasteiger partial charge < -0.3 is 10.1 Å². The summed E-state index contributed by atoms with van der Waals surface area (Å²) in [6.45, 7) is 1.56. The molecule has 0 spiro atoms. The van der Waals surface area contributed by atoms with Crippen molar-refractivity contribution in [3.63, 3.8) is 0 Å². The maximum absolute atomic E-state index is 12.7. The summed E-state index contributed by atoms with van der Waals surface area (Å²) in [5.41, 5.74) is 1.33. The van der Waals surface area contributed by atoms with Crippen LogP contribution in [-0.4, -0.2) is 16.8 Å². The molecule has 0 fully saturated rings. The number of rotatable bonds is 7. The number of nitrogens with zero attached hydrogens (tertiary/aromatic N) is 1. The Balaban J connectivity index is 1.77. The molecule has 0 bridgehead atoms. The summed E-state index contributed by atoms with van der Waals surface area (Å²) in [6.07, 6.45) is -0.143. The summed E-state index contributed by atoms with van der Waals surface area (Å²) in [4.78, 5) is 35.7. The first-order chi connectivity index (χ1) is 14.8. The lowest BCUT2D eigenvalue weighted by Gasteiger charge is -2.19. The average molecular weight is 439 g/mol. The molecule has 8 heteroatoms. The molecule has 0 saturated heterocycles. The fourth-order valence-electron chi connectivity index (χ4n) is 3.05. The minimum Gasteiger partial charge on any atom is -0.426 e. The molecule has 0 saturated carbocycles. The second-order valence-corrected chi connectivity index (χ2v) is 7.21. The van der Waals surface area contributed by atoms with Crippen molar-refractivity contribution in [2.45, 2.75) is 19.4 Å². The Morgan fingerprint density at radius 3 is 2.39 bits per heavy atom. The number of carbonyl (C=O) groups is 2. The molecule has 0 aliphatic heterocycles. The third-order valence-electron chi connectivity index (χ3n) is 4.59. The number of aryl methyl sites for hydroxylation is 1. The van der Waals surface area contributed by atoms with E-state index in [4.69, 9.17) is 16.3 Å². The minimum absolute atomic E-state index is 0.0611. The van der Waals surface area contributed by atoms with Gasteiger partial charge in [0.05, 0.1) is 28.0 Å². The molecular formula is C23H19ClN2O5. The molecule has 1 N–H and O–H groups in total. The Hall–Kier alpha value is -3.71. The van der Waals surface area contributed by atoms with Crippen molar-refractivity contribution in [3.8, 4) is 5.75 Å². The first-order valence-electron chi connectivity index (χ1n) is 9.41. The number of carbonyl (C=O) groups excluding carboxylic acids is 2. The van der Waals surface area contributed by atoms with E-state index in [-0.39, 0.29) is 17.9 Å². The zero-order chi connectivity index (χ0) is 22.4. The minimum atomic E-state index is -0.656. The van der Waals surface area contributed by atoms with Gasteiger partial charge in [0.1, 0.15) is 5.75 Å². The molecule has 1 unspecified atom stereocenters. The second-order valence-electron chi connectivity index (χ2n) is 6.80. The van der Waals surface area contributed by atoms with Gasteiger partial charge in [0.15, 0.2) is 0 Å². The molecule has 3 aromatic carbocycles. The summed E-state index contributed by atoms with van der Waals surface area (Å²) in [5, 5.41) is 14.1. The van der Waals surface area contributed by atoms with Gasteiger partial charge in [0, 0.05) is 11.6 Å². The van der Waals surface area contributed by atoms with Crippen LogP contribution in [0.25, 0.3) is 0 Å². The number of hydrogen-bond acceptors (Lipinski definition) is 5. The number of benzene rings is 3. The Bertz CT molecular complexity index is 1120. The van der Waals surface area contributed by atoms with Gasteiger partial charge in [-0.15, -0.1) is 0 Å². The van der Waals surface area contributed by atoms with Crippen molar-refractivity contribution >= 4 is 29.2 Å². The van der Waals surface area contributed by atoms with Crippen molar-refractivity contribution in [2.24, 2.45) is 0 Å². The molecular weight excluding hydrogens is 420 g/mol. The first kappa shape index (κ1) is 22.0. The van der Waals surface area contributed by atoms with Crippen LogP contribution in [0.2, 0.25) is 5.02 Å². The van der Waals surface area contributed by atoms with E-state index in [2.05, 4.69) is 5.32 Å². The molecule has 1 atom stereocenters. The molecule has 0 heterocycles. The lowest BCUT2D eigenvalue weighted by Crippen LogP contribution is -2.31. The summed E-state index contributed by atoms with van der Waals surface area (Å²) in [5.74, 6) is -0.822. The Morgan fingerprint density at radius 2 is 1.74 bits per heavy atom. The van der Waals surface area contributed by atoms with Crippen molar-refractivity contribution in [2.75, 3.05) is 0 Å². The fourth-order valence-corrected chi connectivity index (χ4v) is 3.28. The van der Waals surface area contributed by atoms with Crippen LogP contribution in [-0.2, 0) is 4.79 Å². The SMILES string of the molecule is Cc1cc(OC(=O)CC(NC(=O)c2ccccc2Cl)c2ccccc2)ccc1[N+](=O)[O-]. The molecule has 0 radical (unpaired) electrons. The van der Waals surface area contributed by atoms with E-state index < -0.39 is 22.8 Å². The third kappa shape index (κ3) is 5.67. The van der Waals surface area contributed by atoms with Gasteiger partial charge in [0.25, 0.3) is 11.6 Å². The first-order valence-corrected chi connectivity index (χ1v) is 9.79. The highest BCUT2D eigenvalue weighted by molar-refractivity contribution is 6.33. The standard InChI is InChI=1S/C23H19ClN2O5/c1-15-13-17(11-12-21(15)26(29)30)31-22(27)14-20(16-7-3-2-4-8-16)25-23(28)18-9-5-6-10-19(18)24/h2-13,20H,14H2,1H3,(H,25,28). The molecule has 3 rings (SSSR count). The zero-order valence-corrected chi connectivity index (χ0v) is 17.3.